The highest BCUT2D eigenvalue weighted by atomic mass is 15.2. The van der Waals surface area contributed by atoms with Gasteiger partial charge in [-0.1, -0.05) is 62.3 Å². The van der Waals surface area contributed by atoms with E-state index in [0.717, 1.165) is 23.2 Å². The predicted octanol–water partition coefficient (Wildman–Crippen LogP) is 15.3. The monoisotopic (exact) mass is 796 g/mol. The van der Waals surface area contributed by atoms with Crippen LogP contribution in [0.15, 0.2) is 0 Å². The molecule has 3 aliphatic heterocycles. The molecule has 0 aromatic carbocycles. The molecule has 0 bridgehead atoms. The lowest BCUT2D eigenvalue weighted by atomic mass is 9.56. The standard InChI is InChI=1S/C19H36.C18H35N.C17H34N2/c1-17(2,3)15-7-11-19(12-8-15)13-9-16(10-14-19)18(4,5)6;1-16(2,3)15-7-9-18(10-8-15)11-13-19(14-12-18)17(4,5)6;1-15(2,3)18-11-7-17(8-12-18)9-13-19(14-10-17)16(4,5)6/h15-16H,7-14H2,1-6H3;15H,7-14H2,1-6H3;7-14H2,1-6H3. The first kappa shape index (κ1) is 49.5. The largest absolute Gasteiger partial charge is 0.298 e. The molecule has 0 radical (unpaired) electrons. The van der Waals surface area contributed by atoms with Crippen molar-refractivity contribution >= 4 is 0 Å². The minimum Gasteiger partial charge on any atom is -0.298 e. The van der Waals surface area contributed by atoms with E-state index in [1.807, 2.05) is 0 Å². The summed E-state index contributed by atoms with van der Waals surface area (Å²) in [5.74, 6) is 2.90. The maximum absolute atomic E-state index is 2.69. The number of likely N-dealkylation sites (tertiary alicyclic amines) is 3. The number of hydrogen-bond acceptors (Lipinski definition) is 3. The van der Waals surface area contributed by atoms with Gasteiger partial charge in [-0.3, -0.25) is 14.7 Å². The van der Waals surface area contributed by atoms with E-state index >= 15 is 0 Å². The normalized spacial score (nSPS) is 30.4. The van der Waals surface area contributed by atoms with Crippen LogP contribution in [0.5, 0.6) is 0 Å². The fourth-order valence-corrected chi connectivity index (χ4v) is 12.7. The topological polar surface area (TPSA) is 9.72 Å². The predicted molar refractivity (Wildman–Crippen MR) is 253 cm³/mol. The molecule has 3 saturated heterocycles. The van der Waals surface area contributed by atoms with Crippen LogP contribution in [0.4, 0.5) is 0 Å². The third kappa shape index (κ3) is 13.9. The fraction of sp³-hybridized carbons (Fsp3) is 1.00. The molecule has 3 heteroatoms. The summed E-state index contributed by atoms with van der Waals surface area (Å²) >= 11 is 0. The number of piperidine rings is 3. The van der Waals surface area contributed by atoms with E-state index in [1.54, 1.807) is 0 Å². The van der Waals surface area contributed by atoms with E-state index in [4.69, 9.17) is 0 Å². The number of nitrogens with zero attached hydrogens (tertiary/aromatic N) is 3. The summed E-state index contributed by atoms with van der Waals surface area (Å²) < 4.78 is 0. The van der Waals surface area contributed by atoms with Crippen molar-refractivity contribution in [2.45, 2.75) is 257 Å². The highest BCUT2D eigenvalue weighted by Crippen LogP contribution is 2.55. The zero-order valence-electron chi connectivity index (χ0n) is 42.5. The lowest BCUT2D eigenvalue weighted by Crippen LogP contribution is -2.54. The van der Waals surface area contributed by atoms with Crippen LogP contribution in [0.1, 0.15) is 240 Å². The van der Waals surface area contributed by atoms with Crippen LogP contribution in [-0.2, 0) is 0 Å². The first-order chi connectivity index (χ1) is 25.9. The van der Waals surface area contributed by atoms with Crippen LogP contribution in [0, 0.1) is 50.2 Å². The Morgan fingerprint density at radius 2 is 0.421 bits per heavy atom. The first-order valence-electron chi connectivity index (χ1n) is 25.1. The zero-order valence-corrected chi connectivity index (χ0v) is 42.5. The van der Waals surface area contributed by atoms with Crippen molar-refractivity contribution in [1.29, 1.82) is 0 Å². The molecule has 0 unspecified atom stereocenters. The molecule has 3 aliphatic carbocycles. The van der Waals surface area contributed by atoms with Crippen LogP contribution in [-0.4, -0.2) is 70.6 Å². The summed E-state index contributed by atoms with van der Waals surface area (Å²) in [4.78, 5) is 8.04. The molecule has 336 valence electrons. The minimum absolute atomic E-state index is 0.355. The third-order valence-electron chi connectivity index (χ3n) is 18.1. The van der Waals surface area contributed by atoms with Crippen molar-refractivity contribution in [2.75, 3.05) is 39.3 Å². The van der Waals surface area contributed by atoms with E-state index in [0.29, 0.717) is 43.7 Å². The van der Waals surface area contributed by atoms with Crippen LogP contribution in [0.2, 0.25) is 0 Å². The van der Waals surface area contributed by atoms with Gasteiger partial charge in [0.05, 0.1) is 0 Å². The molecule has 6 fully saturated rings. The van der Waals surface area contributed by atoms with Gasteiger partial charge in [-0.15, -0.1) is 0 Å². The Balaban J connectivity index is 0.000000189. The Kier molecular flexibility index (Phi) is 15.9. The van der Waals surface area contributed by atoms with Gasteiger partial charge in [0, 0.05) is 16.6 Å². The lowest BCUT2D eigenvalue weighted by molar-refractivity contribution is -0.0162. The summed E-state index contributed by atoms with van der Waals surface area (Å²) in [5.41, 5.74) is 4.80. The molecule has 3 nitrogen and oxygen atoms in total. The van der Waals surface area contributed by atoms with Crippen LogP contribution in [0.25, 0.3) is 0 Å². The number of rotatable bonds is 0. The maximum atomic E-state index is 2.69. The van der Waals surface area contributed by atoms with Crippen molar-refractivity contribution in [1.82, 2.24) is 14.7 Å². The molecule has 0 atom stereocenters. The average Bonchev–Trinajstić information content (AvgIpc) is 3.08. The molecule has 0 aromatic heterocycles. The van der Waals surface area contributed by atoms with Gasteiger partial charge in [0.25, 0.3) is 0 Å². The molecular formula is C54H105N3. The first-order valence-corrected chi connectivity index (χ1v) is 25.1. The van der Waals surface area contributed by atoms with Gasteiger partial charge in [0.1, 0.15) is 0 Å². The second-order valence-electron chi connectivity index (χ2n) is 27.9. The van der Waals surface area contributed by atoms with E-state index in [9.17, 15) is 0 Å². The van der Waals surface area contributed by atoms with E-state index in [2.05, 4.69) is 139 Å². The molecule has 0 N–H and O–H groups in total. The zero-order chi connectivity index (χ0) is 42.9. The van der Waals surface area contributed by atoms with Gasteiger partial charge in [0.2, 0.25) is 0 Å². The molecule has 3 heterocycles. The molecule has 6 aliphatic rings. The molecular weight excluding hydrogens is 691 g/mol. The second kappa shape index (κ2) is 18.3. The molecule has 57 heavy (non-hydrogen) atoms. The highest BCUT2D eigenvalue weighted by molar-refractivity contribution is 4.97. The van der Waals surface area contributed by atoms with E-state index in [1.165, 1.54) is 155 Å². The summed E-state index contributed by atoms with van der Waals surface area (Å²) in [5, 5.41) is 0. The van der Waals surface area contributed by atoms with Gasteiger partial charge < -0.3 is 0 Å². The van der Waals surface area contributed by atoms with Crippen LogP contribution in [0.3, 0.4) is 0 Å². The van der Waals surface area contributed by atoms with Gasteiger partial charge in [0.15, 0.2) is 0 Å². The maximum Gasteiger partial charge on any atom is 0.0125 e. The van der Waals surface area contributed by atoms with Gasteiger partial charge in [-0.05, 0) is 267 Å². The Bertz CT molecular complexity index is 912. The van der Waals surface area contributed by atoms with Crippen molar-refractivity contribution in [2.24, 2.45) is 50.2 Å². The Morgan fingerprint density at radius 1 is 0.263 bits per heavy atom. The second-order valence-corrected chi connectivity index (χ2v) is 27.9. The Labute approximate surface area is 359 Å². The number of hydrogen-bond donors (Lipinski definition) is 0. The summed E-state index contributed by atoms with van der Waals surface area (Å²) in [6, 6.07) is 0. The van der Waals surface area contributed by atoms with Crippen molar-refractivity contribution in [3.8, 4) is 0 Å². The molecule has 0 aromatic rings. The smallest absolute Gasteiger partial charge is 0.0125 e. The molecule has 0 amide bonds. The molecule has 3 spiro atoms. The van der Waals surface area contributed by atoms with Crippen molar-refractivity contribution < 1.29 is 0 Å². The quantitative estimate of drug-likeness (QED) is 0.242. The van der Waals surface area contributed by atoms with Gasteiger partial charge in [-0.25, -0.2) is 0 Å². The minimum atomic E-state index is 0.355. The van der Waals surface area contributed by atoms with Crippen LogP contribution >= 0.6 is 0 Å². The van der Waals surface area contributed by atoms with Crippen molar-refractivity contribution in [3.63, 3.8) is 0 Å². The summed E-state index contributed by atoms with van der Waals surface area (Å²) in [7, 11) is 0. The summed E-state index contributed by atoms with van der Waals surface area (Å²) in [6.45, 7) is 51.0. The Hall–Kier alpha value is -0.120. The lowest BCUT2D eigenvalue weighted by Gasteiger charge is -2.51. The van der Waals surface area contributed by atoms with Gasteiger partial charge >= 0.3 is 0 Å². The molecule has 6 rings (SSSR count). The average molecular weight is 796 g/mol. The summed E-state index contributed by atoms with van der Waals surface area (Å²) in [6.07, 6.45) is 26.5. The van der Waals surface area contributed by atoms with E-state index < -0.39 is 0 Å². The SMILES string of the molecule is CC(C)(C)C1CCC2(CC1)CCC(C(C)(C)C)CC2.CC(C)(C)C1CCC2(CC1)CCN(C(C)(C)C)CC2.CC(C)(C)N1CCC2(CC1)CCN(C(C)(C)C)CC2. The van der Waals surface area contributed by atoms with Gasteiger partial charge in [-0.2, -0.15) is 0 Å². The van der Waals surface area contributed by atoms with E-state index in [-0.39, 0.29) is 0 Å². The Morgan fingerprint density at radius 3 is 0.579 bits per heavy atom. The van der Waals surface area contributed by atoms with Crippen LogP contribution < -0.4 is 0 Å². The fourth-order valence-electron chi connectivity index (χ4n) is 12.7. The third-order valence-corrected chi connectivity index (χ3v) is 18.1. The highest BCUT2D eigenvalue weighted by Gasteiger charge is 2.44. The molecule has 3 saturated carbocycles. The van der Waals surface area contributed by atoms with Crippen molar-refractivity contribution in [3.05, 3.63) is 0 Å².